The number of phenolic OH excluding ortho intramolecular Hbond substituents is 8. The van der Waals surface area contributed by atoms with Crippen molar-refractivity contribution in [3.8, 4) is 51.7 Å². The fourth-order valence-corrected chi connectivity index (χ4v) is 4.85. The van der Waals surface area contributed by atoms with E-state index in [0.29, 0.717) is 39.6 Å². The van der Waals surface area contributed by atoms with Crippen molar-refractivity contribution in [1.29, 1.82) is 0 Å². The summed E-state index contributed by atoms with van der Waals surface area (Å²) in [4.78, 5) is 13.4. The van der Waals surface area contributed by atoms with Crippen LogP contribution < -0.4 is 10.5 Å². The van der Waals surface area contributed by atoms with Crippen LogP contribution in [-0.2, 0) is 28.4 Å². The summed E-state index contributed by atoms with van der Waals surface area (Å²) in [5.74, 6) is -6.92. The summed E-state index contributed by atoms with van der Waals surface area (Å²) in [5.41, 5.74) is 4.89. The van der Waals surface area contributed by atoms with Crippen LogP contribution in [0.3, 0.4) is 0 Å². The molecule has 0 amide bonds. The van der Waals surface area contributed by atoms with Gasteiger partial charge in [0.2, 0.25) is 0 Å². The number of esters is 1. The maximum absolute atomic E-state index is 13.4. The third-order valence-electron chi connectivity index (χ3n) is 7.11. The first kappa shape index (κ1) is 36.9. The largest absolute Gasteiger partial charge is 0.508 e. The van der Waals surface area contributed by atoms with E-state index >= 15 is 0 Å². The van der Waals surface area contributed by atoms with Crippen molar-refractivity contribution in [2.75, 3.05) is 66.0 Å². The minimum atomic E-state index is -1.53. The van der Waals surface area contributed by atoms with E-state index in [2.05, 4.69) is 0 Å². The monoisotopic (exact) mass is 693 g/mol. The number of carbonyl (C=O) groups is 1. The third-order valence-corrected chi connectivity index (χ3v) is 7.11. The molecule has 268 valence electrons. The zero-order chi connectivity index (χ0) is 35.5. The molecule has 0 aromatic heterocycles. The summed E-state index contributed by atoms with van der Waals surface area (Å²) >= 11 is 0. The number of hydrogen-bond acceptors (Lipinski definition) is 17. The number of hydrogen-bond donors (Lipinski definition) is 9. The molecule has 0 fully saturated rings. The van der Waals surface area contributed by atoms with E-state index in [0.717, 1.165) is 36.4 Å². The zero-order valence-corrected chi connectivity index (χ0v) is 26.2. The Balaban J connectivity index is 1.50. The average Bonchev–Trinajstić information content (AvgIpc) is 3.06. The zero-order valence-electron chi connectivity index (χ0n) is 26.2. The quantitative estimate of drug-likeness (QED) is 0.0522. The highest BCUT2D eigenvalue weighted by molar-refractivity contribution is 5.91. The number of nitrogens with two attached hydrogens (primary N) is 1. The normalized spacial score (nSPS) is 17.0. The maximum atomic E-state index is 13.4. The van der Waals surface area contributed by atoms with E-state index in [1.165, 1.54) is 0 Å². The Bertz CT molecular complexity index is 1520. The van der Waals surface area contributed by atoms with Crippen molar-refractivity contribution in [3.63, 3.8) is 0 Å². The number of fused-ring (bicyclic) bond motifs is 1. The van der Waals surface area contributed by atoms with Crippen molar-refractivity contribution in [2.45, 2.75) is 18.3 Å². The third kappa shape index (κ3) is 9.59. The van der Waals surface area contributed by atoms with E-state index in [-0.39, 0.29) is 49.1 Å². The minimum Gasteiger partial charge on any atom is -0.508 e. The molecule has 0 saturated heterocycles. The molecule has 10 N–H and O–H groups in total. The molecule has 3 unspecified atom stereocenters. The van der Waals surface area contributed by atoms with Gasteiger partial charge in [0.1, 0.15) is 23.4 Å². The number of carbonyl (C=O) groups excluding carboxylic acids is 1. The smallest absolute Gasteiger partial charge is 0.338 e. The van der Waals surface area contributed by atoms with Gasteiger partial charge in [-0.2, -0.15) is 0 Å². The highest BCUT2D eigenvalue weighted by Crippen LogP contribution is 2.51. The summed E-state index contributed by atoms with van der Waals surface area (Å²) in [6.07, 6.45) is -4.29. The van der Waals surface area contributed by atoms with Crippen molar-refractivity contribution in [3.05, 3.63) is 53.1 Å². The molecule has 0 spiro atoms. The highest BCUT2D eigenvalue weighted by atomic mass is 16.6. The Morgan fingerprint density at radius 2 is 1.12 bits per heavy atom. The van der Waals surface area contributed by atoms with Crippen LogP contribution in [0.15, 0.2) is 36.4 Å². The molecule has 17 heteroatoms. The van der Waals surface area contributed by atoms with Crippen LogP contribution in [0.4, 0.5) is 0 Å². The highest BCUT2D eigenvalue weighted by Gasteiger charge is 2.45. The van der Waals surface area contributed by atoms with Crippen molar-refractivity contribution < 1.29 is 78.8 Å². The molecule has 0 saturated carbocycles. The first-order chi connectivity index (χ1) is 23.5. The molecule has 1 aliphatic heterocycles. The Hall–Kier alpha value is -4.91. The van der Waals surface area contributed by atoms with Gasteiger partial charge >= 0.3 is 5.97 Å². The topological polar surface area (TPSA) is 270 Å². The lowest BCUT2D eigenvalue weighted by Crippen LogP contribution is -2.40. The molecule has 0 bridgehead atoms. The summed E-state index contributed by atoms with van der Waals surface area (Å²) in [7, 11) is 0. The van der Waals surface area contributed by atoms with E-state index in [4.69, 9.17) is 38.9 Å². The first-order valence-electron chi connectivity index (χ1n) is 15.1. The second-order valence-electron chi connectivity index (χ2n) is 10.6. The number of rotatable bonds is 18. The van der Waals surface area contributed by atoms with E-state index in [1.807, 2.05) is 0 Å². The van der Waals surface area contributed by atoms with Gasteiger partial charge in [-0.25, -0.2) is 4.79 Å². The van der Waals surface area contributed by atoms with Gasteiger partial charge in [0.05, 0.1) is 70.6 Å². The van der Waals surface area contributed by atoms with Crippen molar-refractivity contribution >= 4 is 5.97 Å². The SMILES string of the molecule is NCCOCCOCCOCCOCCOC1c2c(O)cc(O)cc2OC(c2cc(O)c(O)c(O)c2)C1OC(=O)c1cc(O)c(O)c(O)c1. The Labute approximate surface area is 279 Å². The molecule has 3 aromatic rings. The molecule has 1 heterocycles. The van der Waals surface area contributed by atoms with Gasteiger partial charge in [-0.3, -0.25) is 0 Å². The average molecular weight is 694 g/mol. The predicted molar refractivity (Wildman–Crippen MR) is 166 cm³/mol. The van der Waals surface area contributed by atoms with Gasteiger partial charge in [-0.15, -0.1) is 0 Å². The van der Waals surface area contributed by atoms with Crippen LogP contribution in [-0.4, -0.2) is 119 Å². The molecular weight excluding hydrogens is 654 g/mol. The van der Waals surface area contributed by atoms with Gasteiger partial charge < -0.3 is 79.7 Å². The molecule has 1 aliphatic rings. The molecular formula is C32H39NO16. The molecule has 17 nitrogen and oxygen atoms in total. The maximum Gasteiger partial charge on any atom is 0.338 e. The summed E-state index contributed by atoms with van der Waals surface area (Å²) < 4.78 is 39.4. The van der Waals surface area contributed by atoms with Crippen LogP contribution in [0.5, 0.6) is 51.7 Å². The molecule has 0 radical (unpaired) electrons. The molecule has 3 atom stereocenters. The molecule has 4 rings (SSSR count). The van der Waals surface area contributed by atoms with E-state index < -0.39 is 70.1 Å². The Morgan fingerprint density at radius 3 is 1.65 bits per heavy atom. The van der Waals surface area contributed by atoms with Gasteiger partial charge in [0.15, 0.2) is 46.7 Å². The minimum absolute atomic E-state index is 0.00963. The summed E-state index contributed by atoms with van der Waals surface area (Å²) in [6.45, 7) is 2.74. The number of aromatic hydroxyl groups is 8. The van der Waals surface area contributed by atoms with Gasteiger partial charge in [-0.05, 0) is 24.3 Å². The van der Waals surface area contributed by atoms with Crippen LogP contribution >= 0.6 is 0 Å². The molecule has 3 aromatic carbocycles. The lowest BCUT2D eigenvalue weighted by atomic mass is 9.90. The number of phenols is 8. The second kappa shape index (κ2) is 17.5. The molecule has 49 heavy (non-hydrogen) atoms. The van der Waals surface area contributed by atoms with Gasteiger partial charge in [0, 0.05) is 24.2 Å². The van der Waals surface area contributed by atoms with Crippen LogP contribution in [0.2, 0.25) is 0 Å². The van der Waals surface area contributed by atoms with Gasteiger partial charge in [0.25, 0.3) is 0 Å². The molecule has 0 aliphatic carbocycles. The second-order valence-corrected chi connectivity index (χ2v) is 10.6. The predicted octanol–water partition coefficient (Wildman–Crippen LogP) is 1.77. The summed E-state index contributed by atoms with van der Waals surface area (Å²) in [5, 5.41) is 81.0. The Kier molecular flexibility index (Phi) is 13.2. The first-order valence-corrected chi connectivity index (χ1v) is 15.1. The van der Waals surface area contributed by atoms with Crippen molar-refractivity contribution in [2.24, 2.45) is 5.73 Å². The van der Waals surface area contributed by atoms with Crippen LogP contribution in [0.1, 0.15) is 33.7 Å². The number of benzene rings is 3. The summed E-state index contributed by atoms with van der Waals surface area (Å²) in [6, 6.07) is 5.93. The van der Waals surface area contributed by atoms with E-state index in [9.17, 15) is 45.6 Å². The van der Waals surface area contributed by atoms with Gasteiger partial charge in [-0.1, -0.05) is 0 Å². The lowest BCUT2D eigenvalue weighted by Gasteiger charge is -2.39. The number of ether oxygens (including phenoxy) is 7. The van der Waals surface area contributed by atoms with Crippen LogP contribution in [0.25, 0.3) is 0 Å². The van der Waals surface area contributed by atoms with Crippen molar-refractivity contribution in [1.82, 2.24) is 0 Å². The standard InChI is InChI=1S/C32H39NO16/c33-1-2-43-3-4-44-5-6-45-7-8-46-9-10-47-30-26-20(35)15-19(34)16-25(26)48-29(17-11-21(36)27(40)22(37)12-17)31(30)49-32(42)18-13-23(38)28(41)24(39)14-18/h11-16,29-31,34-41H,1-10,33H2. The lowest BCUT2D eigenvalue weighted by molar-refractivity contribution is -0.118. The van der Waals surface area contributed by atoms with Crippen LogP contribution in [0, 0.1) is 0 Å². The fraction of sp³-hybridized carbons (Fsp3) is 0.406. The fourth-order valence-electron chi connectivity index (χ4n) is 4.85. The Morgan fingerprint density at radius 1 is 0.633 bits per heavy atom. The van der Waals surface area contributed by atoms with E-state index in [1.54, 1.807) is 0 Å².